The van der Waals surface area contributed by atoms with Crippen molar-refractivity contribution in [2.45, 2.75) is 0 Å². The summed E-state index contributed by atoms with van der Waals surface area (Å²) in [5.74, 6) is 0. The normalized spacial score (nSPS) is 0. The van der Waals surface area contributed by atoms with Crippen LogP contribution in [-0.2, 0) is 51.2 Å². The molecule has 0 aliphatic rings. The summed E-state index contributed by atoms with van der Waals surface area (Å²) in [7, 11) is 0. The van der Waals surface area contributed by atoms with Crippen LogP contribution >= 0.6 is 0 Å². The maximum absolute atomic E-state index is 0. The fourth-order valence-electron chi connectivity index (χ4n) is 0. The predicted octanol–water partition coefficient (Wildman–Crippen LogP) is -1.84. The van der Waals surface area contributed by atoms with Crippen molar-refractivity contribution in [2.75, 3.05) is 0 Å². The Morgan fingerprint density at radius 1 is 1.00 bits per heavy atom. The molecule has 5 heteroatoms. The van der Waals surface area contributed by atoms with E-state index in [1.54, 1.807) is 0 Å². The molecule has 0 aliphatic carbocycles. The monoisotopic (exact) mass is 290 g/mol. The van der Waals surface area contributed by atoms with Crippen molar-refractivity contribution in [3.8, 4) is 0 Å². The van der Waals surface area contributed by atoms with Crippen molar-refractivity contribution >= 4 is 68.5 Å². The van der Waals surface area contributed by atoms with Crippen molar-refractivity contribution in [1.29, 1.82) is 0 Å². The second-order valence-corrected chi connectivity index (χ2v) is 0. The Morgan fingerprint density at radius 3 is 1.00 bits per heavy atom. The van der Waals surface area contributed by atoms with Gasteiger partial charge in [0.05, 0.1) is 0 Å². The summed E-state index contributed by atoms with van der Waals surface area (Å²) in [6.07, 6.45) is 0. The second-order valence-electron chi connectivity index (χ2n) is 0. The number of hydrogen-bond donors (Lipinski definition) is 0. The van der Waals surface area contributed by atoms with E-state index in [0.717, 1.165) is 0 Å². The predicted molar refractivity (Wildman–Crippen MR) is 17.1 cm³/mol. The Morgan fingerprint density at radius 2 is 1.00 bits per heavy atom. The number of rotatable bonds is 0. The summed E-state index contributed by atoms with van der Waals surface area (Å²) in [6.45, 7) is 0. The molecule has 34 valence electrons. The molecule has 0 fully saturated rings. The molecule has 0 spiro atoms. The molecule has 0 saturated heterocycles. The molecular formula is H4CuFeMgMnSr. The van der Waals surface area contributed by atoms with Gasteiger partial charge >= 0.3 is 68.5 Å². The van der Waals surface area contributed by atoms with Crippen molar-refractivity contribution in [1.82, 2.24) is 0 Å². The molecule has 2 radical (unpaired) electrons. The van der Waals surface area contributed by atoms with Gasteiger partial charge in [-0.25, -0.2) is 0 Å². The summed E-state index contributed by atoms with van der Waals surface area (Å²) < 4.78 is 0. The molecule has 0 aromatic heterocycles. The van der Waals surface area contributed by atoms with Crippen LogP contribution in [0.25, 0.3) is 0 Å². The van der Waals surface area contributed by atoms with Gasteiger partial charge in [0.2, 0.25) is 0 Å². The third kappa shape index (κ3) is 18.2. The van der Waals surface area contributed by atoms with E-state index in [2.05, 4.69) is 0 Å². The van der Waals surface area contributed by atoms with Crippen molar-refractivity contribution in [2.24, 2.45) is 0 Å². The molecule has 0 amide bonds. The molecule has 0 N–H and O–H groups in total. The van der Waals surface area contributed by atoms with Gasteiger partial charge in [0, 0.05) is 51.2 Å². The molecule has 0 unspecified atom stereocenters. The number of hydrogen-bond acceptors (Lipinski definition) is 0. The van der Waals surface area contributed by atoms with Crippen molar-refractivity contribution < 1.29 is 51.2 Å². The Bertz CT molecular complexity index is 11.6. The van der Waals surface area contributed by atoms with Crippen LogP contribution in [-0.4, -0.2) is 68.5 Å². The van der Waals surface area contributed by atoms with Gasteiger partial charge in [-0.1, -0.05) is 0 Å². The van der Waals surface area contributed by atoms with Gasteiger partial charge in [0.15, 0.2) is 0 Å². The summed E-state index contributed by atoms with van der Waals surface area (Å²) in [6, 6.07) is 0. The first-order chi connectivity index (χ1) is 0. The van der Waals surface area contributed by atoms with Crippen LogP contribution in [0.15, 0.2) is 0 Å². The van der Waals surface area contributed by atoms with E-state index < -0.39 is 0 Å². The molecule has 0 aromatic rings. The van der Waals surface area contributed by atoms with E-state index in [9.17, 15) is 0 Å². The second kappa shape index (κ2) is 25.0. The van der Waals surface area contributed by atoms with Crippen LogP contribution in [0.3, 0.4) is 0 Å². The SMILES string of the molecule is [Cu].[Fe].[MgH2].[Mn].[SrH2]. The topological polar surface area (TPSA) is 0 Å². The van der Waals surface area contributed by atoms with Crippen LogP contribution in [0.2, 0.25) is 0 Å². The zero-order chi connectivity index (χ0) is 0. The van der Waals surface area contributed by atoms with Gasteiger partial charge in [-0.05, 0) is 0 Å². The fourth-order valence-corrected chi connectivity index (χ4v) is 0. The van der Waals surface area contributed by atoms with E-state index in [1.807, 2.05) is 0 Å². The first kappa shape index (κ1) is 37.0. The minimum absolute atomic E-state index is 0. The standard InChI is InChI=1S/Cu.Fe.Mg.Mn.Sr.4H. The quantitative estimate of drug-likeness (QED) is 0.460. The molecule has 0 heterocycles. The molecular weight excluding hydrogens is 286 g/mol. The first-order valence-corrected chi connectivity index (χ1v) is 0. The first-order valence-electron chi connectivity index (χ1n) is 0. The van der Waals surface area contributed by atoms with E-state index in [0.29, 0.717) is 0 Å². The minimum atomic E-state index is 0. The average Bonchev–Trinajstić information content (AvgIpc) is 0. The molecule has 0 aliphatic heterocycles. The Kier molecular flexibility index (Phi) is 185. The molecule has 0 rings (SSSR count). The van der Waals surface area contributed by atoms with E-state index in [1.165, 1.54) is 0 Å². The van der Waals surface area contributed by atoms with Crippen LogP contribution in [0.1, 0.15) is 0 Å². The van der Waals surface area contributed by atoms with E-state index in [4.69, 9.17) is 0 Å². The fraction of sp³-hybridized carbons (Fsp3) is 0. The van der Waals surface area contributed by atoms with Crippen molar-refractivity contribution in [3.05, 3.63) is 0 Å². The van der Waals surface area contributed by atoms with Gasteiger partial charge in [0.25, 0.3) is 0 Å². The third-order valence-electron chi connectivity index (χ3n) is 0. The van der Waals surface area contributed by atoms with Crippen molar-refractivity contribution in [3.63, 3.8) is 0 Å². The molecule has 0 nitrogen and oxygen atoms in total. The summed E-state index contributed by atoms with van der Waals surface area (Å²) in [4.78, 5) is 0. The van der Waals surface area contributed by atoms with Crippen LogP contribution < -0.4 is 0 Å². The van der Waals surface area contributed by atoms with E-state index in [-0.39, 0.29) is 120 Å². The Labute approximate surface area is 117 Å². The van der Waals surface area contributed by atoms with Gasteiger partial charge in [-0.2, -0.15) is 0 Å². The van der Waals surface area contributed by atoms with Gasteiger partial charge < -0.3 is 0 Å². The van der Waals surface area contributed by atoms with Gasteiger partial charge in [-0.3, -0.25) is 0 Å². The molecule has 0 saturated carbocycles. The summed E-state index contributed by atoms with van der Waals surface area (Å²) >= 11 is 0. The zero-order valence-corrected chi connectivity index (χ0v) is 4.26. The molecule has 0 atom stereocenters. The van der Waals surface area contributed by atoms with Crippen LogP contribution in [0.4, 0.5) is 0 Å². The molecule has 0 bridgehead atoms. The Hall–Kier alpha value is 3.81. The summed E-state index contributed by atoms with van der Waals surface area (Å²) in [5, 5.41) is 0. The van der Waals surface area contributed by atoms with Gasteiger partial charge in [-0.15, -0.1) is 0 Å². The molecule has 5 heavy (non-hydrogen) atoms. The van der Waals surface area contributed by atoms with Crippen LogP contribution in [0.5, 0.6) is 0 Å². The zero-order valence-electron chi connectivity index (χ0n) is 1.03. The average molecular weight is 290 g/mol. The van der Waals surface area contributed by atoms with Crippen LogP contribution in [0, 0.1) is 0 Å². The summed E-state index contributed by atoms with van der Waals surface area (Å²) in [5.41, 5.74) is 0. The maximum atomic E-state index is 0. The van der Waals surface area contributed by atoms with E-state index >= 15 is 0 Å². The molecule has 0 aromatic carbocycles. The third-order valence-corrected chi connectivity index (χ3v) is 0. The van der Waals surface area contributed by atoms with Gasteiger partial charge in [0.1, 0.15) is 0 Å². The Balaban J connectivity index is 0.